The van der Waals surface area contributed by atoms with E-state index in [2.05, 4.69) is 4.74 Å². The van der Waals surface area contributed by atoms with Crippen molar-refractivity contribution in [2.45, 2.75) is 30.7 Å². The van der Waals surface area contributed by atoms with Crippen molar-refractivity contribution in [2.75, 3.05) is 13.2 Å². The SMILES string of the molecule is O=C(CO)O[C@H]1O[C@H](CO)[C@@H](O)[C@H](O)[C@@H]1O. The van der Waals surface area contributed by atoms with E-state index in [1.54, 1.807) is 0 Å². The van der Waals surface area contributed by atoms with Crippen molar-refractivity contribution in [3.05, 3.63) is 0 Å². The molecule has 8 heteroatoms. The fourth-order valence-electron chi connectivity index (χ4n) is 1.33. The standard InChI is InChI=1S/C8H14O8/c9-1-3-5(12)6(13)7(14)8(15-3)16-4(11)2-10/h3,5-10,12-14H,1-2H2/t3-,5-,6+,7+,8-/m1/s1. The Labute approximate surface area is 90.6 Å². The minimum Gasteiger partial charge on any atom is -0.431 e. The van der Waals surface area contributed by atoms with Crippen LogP contribution in [0.15, 0.2) is 0 Å². The zero-order valence-electron chi connectivity index (χ0n) is 8.26. The zero-order chi connectivity index (χ0) is 12.3. The topological polar surface area (TPSA) is 137 Å². The Morgan fingerprint density at radius 1 is 1.12 bits per heavy atom. The molecule has 0 aliphatic carbocycles. The number of hydrogen-bond acceptors (Lipinski definition) is 8. The fraction of sp³-hybridized carbons (Fsp3) is 0.875. The maximum Gasteiger partial charge on any atom is 0.334 e. The molecule has 0 aromatic carbocycles. The van der Waals surface area contributed by atoms with Gasteiger partial charge in [-0.1, -0.05) is 0 Å². The van der Waals surface area contributed by atoms with Gasteiger partial charge in [-0.15, -0.1) is 0 Å². The van der Waals surface area contributed by atoms with Gasteiger partial charge in [0.2, 0.25) is 6.29 Å². The minimum absolute atomic E-state index is 0.613. The van der Waals surface area contributed by atoms with Crippen LogP contribution in [0.1, 0.15) is 0 Å². The number of carbonyl (C=O) groups excluding carboxylic acids is 1. The normalized spacial score (nSPS) is 39.4. The summed E-state index contributed by atoms with van der Waals surface area (Å²) >= 11 is 0. The van der Waals surface area contributed by atoms with E-state index in [-0.39, 0.29) is 0 Å². The number of carbonyl (C=O) groups is 1. The minimum atomic E-state index is -1.65. The van der Waals surface area contributed by atoms with E-state index in [0.29, 0.717) is 0 Å². The van der Waals surface area contributed by atoms with Crippen LogP contribution < -0.4 is 0 Å². The summed E-state index contributed by atoms with van der Waals surface area (Å²) in [6.45, 7) is -1.52. The Kier molecular flexibility index (Phi) is 4.59. The molecule has 0 spiro atoms. The molecule has 0 amide bonds. The second-order valence-electron chi connectivity index (χ2n) is 3.35. The molecule has 0 radical (unpaired) electrons. The Morgan fingerprint density at radius 2 is 1.75 bits per heavy atom. The first-order valence-corrected chi connectivity index (χ1v) is 4.62. The van der Waals surface area contributed by atoms with Crippen LogP contribution in [0.5, 0.6) is 0 Å². The largest absolute Gasteiger partial charge is 0.431 e. The molecule has 5 N–H and O–H groups in total. The van der Waals surface area contributed by atoms with Gasteiger partial charge in [-0.25, -0.2) is 4.79 Å². The molecule has 16 heavy (non-hydrogen) atoms. The third kappa shape index (κ3) is 2.67. The van der Waals surface area contributed by atoms with E-state index >= 15 is 0 Å². The summed E-state index contributed by atoms with van der Waals surface area (Å²) in [5.41, 5.74) is 0. The first-order valence-electron chi connectivity index (χ1n) is 4.62. The predicted octanol–water partition coefficient (Wildman–Crippen LogP) is -3.68. The van der Waals surface area contributed by atoms with Crippen molar-refractivity contribution in [3.8, 4) is 0 Å². The maximum atomic E-state index is 10.7. The smallest absolute Gasteiger partial charge is 0.334 e. The van der Waals surface area contributed by atoms with Gasteiger partial charge < -0.3 is 35.0 Å². The van der Waals surface area contributed by atoms with Gasteiger partial charge in [0, 0.05) is 0 Å². The summed E-state index contributed by atoms with van der Waals surface area (Å²) in [5, 5.41) is 45.3. The molecule has 1 fully saturated rings. The summed E-state index contributed by atoms with van der Waals surface area (Å²) in [7, 11) is 0. The molecule has 0 aromatic rings. The summed E-state index contributed by atoms with van der Waals surface area (Å²) in [5.74, 6) is -1.05. The molecule has 5 atom stereocenters. The molecule has 0 unspecified atom stereocenters. The third-order valence-electron chi connectivity index (χ3n) is 2.23. The van der Waals surface area contributed by atoms with Crippen LogP contribution in [0.2, 0.25) is 0 Å². The van der Waals surface area contributed by atoms with Crippen LogP contribution in [-0.4, -0.2) is 75.4 Å². The van der Waals surface area contributed by atoms with Crippen molar-refractivity contribution in [3.63, 3.8) is 0 Å². The first-order chi connectivity index (χ1) is 7.51. The third-order valence-corrected chi connectivity index (χ3v) is 2.23. The van der Waals surface area contributed by atoms with E-state index in [4.69, 9.17) is 14.9 Å². The van der Waals surface area contributed by atoms with Gasteiger partial charge >= 0.3 is 5.97 Å². The zero-order valence-corrected chi connectivity index (χ0v) is 8.26. The molecule has 1 heterocycles. The number of ether oxygens (including phenoxy) is 2. The Morgan fingerprint density at radius 3 is 2.25 bits per heavy atom. The molecule has 1 aliphatic rings. The molecule has 1 aliphatic heterocycles. The molecule has 0 bridgehead atoms. The number of rotatable bonds is 3. The first kappa shape index (κ1) is 13.3. The van der Waals surface area contributed by atoms with Gasteiger partial charge in [0.25, 0.3) is 0 Å². The van der Waals surface area contributed by atoms with Crippen molar-refractivity contribution in [2.24, 2.45) is 0 Å². The summed E-state index contributed by atoms with van der Waals surface area (Å²) in [6.07, 6.45) is -7.44. The molecular weight excluding hydrogens is 224 g/mol. The Balaban J connectivity index is 2.67. The summed E-state index contributed by atoms with van der Waals surface area (Å²) in [4.78, 5) is 10.7. The van der Waals surface area contributed by atoms with Gasteiger partial charge in [0.05, 0.1) is 6.61 Å². The van der Waals surface area contributed by atoms with E-state index in [1.807, 2.05) is 0 Å². The molecular formula is C8H14O8. The summed E-state index contributed by atoms with van der Waals surface area (Å²) < 4.78 is 9.30. The van der Waals surface area contributed by atoms with Crippen LogP contribution in [-0.2, 0) is 14.3 Å². The van der Waals surface area contributed by atoms with Gasteiger partial charge in [0.1, 0.15) is 31.0 Å². The highest BCUT2D eigenvalue weighted by Gasteiger charge is 2.45. The van der Waals surface area contributed by atoms with E-state index in [9.17, 15) is 20.1 Å². The molecule has 8 nitrogen and oxygen atoms in total. The maximum absolute atomic E-state index is 10.7. The average molecular weight is 238 g/mol. The van der Waals surface area contributed by atoms with Gasteiger partial charge in [-0.2, -0.15) is 0 Å². The van der Waals surface area contributed by atoms with Crippen LogP contribution in [0.4, 0.5) is 0 Å². The second kappa shape index (κ2) is 5.53. The van der Waals surface area contributed by atoms with Crippen molar-refractivity contribution >= 4 is 5.97 Å². The lowest BCUT2D eigenvalue weighted by molar-refractivity contribution is -0.293. The lowest BCUT2D eigenvalue weighted by atomic mass is 9.99. The van der Waals surface area contributed by atoms with Crippen LogP contribution in [0.25, 0.3) is 0 Å². The molecule has 1 rings (SSSR count). The molecule has 94 valence electrons. The number of aliphatic hydroxyl groups excluding tert-OH is 5. The van der Waals surface area contributed by atoms with Gasteiger partial charge in [-0.05, 0) is 0 Å². The van der Waals surface area contributed by atoms with Gasteiger partial charge in [-0.3, -0.25) is 0 Å². The second-order valence-corrected chi connectivity index (χ2v) is 3.35. The van der Waals surface area contributed by atoms with E-state index in [1.165, 1.54) is 0 Å². The van der Waals surface area contributed by atoms with Crippen LogP contribution >= 0.6 is 0 Å². The van der Waals surface area contributed by atoms with Crippen molar-refractivity contribution < 1.29 is 39.8 Å². The molecule has 0 aromatic heterocycles. The van der Waals surface area contributed by atoms with Gasteiger partial charge in [0.15, 0.2) is 0 Å². The number of aliphatic hydroxyl groups is 5. The van der Waals surface area contributed by atoms with Crippen molar-refractivity contribution in [1.29, 1.82) is 0 Å². The fourth-order valence-corrected chi connectivity index (χ4v) is 1.33. The molecule has 0 saturated carbocycles. The van der Waals surface area contributed by atoms with E-state index < -0.39 is 49.9 Å². The summed E-state index contributed by atoms with van der Waals surface area (Å²) in [6, 6.07) is 0. The quantitative estimate of drug-likeness (QED) is 0.317. The number of hydrogen-bond donors (Lipinski definition) is 5. The highest BCUT2D eigenvalue weighted by Crippen LogP contribution is 2.21. The molecule has 1 saturated heterocycles. The monoisotopic (exact) mass is 238 g/mol. The lowest BCUT2D eigenvalue weighted by Crippen LogP contribution is -2.59. The highest BCUT2D eigenvalue weighted by atomic mass is 16.7. The lowest BCUT2D eigenvalue weighted by Gasteiger charge is -2.38. The van der Waals surface area contributed by atoms with Crippen molar-refractivity contribution in [1.82, 2.24) is 0 Å². The van der Waals surface area contributed by atoms with Crippen LogP contribution in [0, 0.1) is 0 Å². The predicted molar refractivity (Wildman–Crippen MR) is 46.9 cm³/mol. The van der Waals surface area contributed by atoms with E-state index in [0.717, 1.165) is 0 Å². The Bertz CT molecular complexity index is 242. The average Bonchev–Trinajstić information content (AvgIpc) is 2.29. The highest BCUT2D eigenvalue weighted by molar-refractivity contribution is 5.70. The number of esters is 1. The Hall–Kier alpha value is -0.770. The van der Waals surface area contributed by atoms with Crippen LogP contribution in [0.3, 0.4) is 0 Å².